The number of ether oxygens (including phenoxy) is 1. The zero-order valence-electron chi connectivity index (χ0n) is 13.4. The first-order valence-corrected chi connectivity index (χ1v) is 8.41. The van der Waals surface area contributed by atoms with Crippen LogP contribution in [0.25, 0.3) is 0 Å². The molecule has 3 atom stereocenters. The van der Waals surface area contributed by atoms with Gasteiger partial charge in [-0.15, -0.1) is 0 Å². The van der Waals surface area contributed by atoms with Crippen molar-refractivity contribution >= 4 is 11.6 Å². The number of hydrogen-bond donors (Lipinski definition) is 1. The quantitative estimate of drug-likeness (QED) is 0.934. The minimum Gasteiger partial charge on any atom is -0.472 e. The van der Waals surface area contributed by atoms with Gasteiger partial charge in [-0.1, -0.05) is 0 Å². The summed E-state index contributed by atoms with van der Waals surface area (Å²) >= 11 is 0. The molecule has 0 aromatic carbocycles. The molecule has 4 rings (SSSR count). The van der Waals surface area contributed by atoms with Crippen LogP contribution in [0, 0.1) is 0 Å². The fraction of sp³-hybridized carbons (Fsp3) is 0.444. The first kappa shape index (κ1) is 15.4. The molecule has 0 unspecified atom stereocenters. The van der Waals surface area contributed by atoms with E-state index < -0.39 is 0 Å². The van der Waals surface area contributed by atoms with Gasteiger partial charge < -0.3 is 14.5 Å². The summed E-state index contributed by atoms with van der Waals surface area (Å²) < 4.78 is 11.2. The van der Waals surface area contributed by atoms with Gasteiger partial charge in [-0.05, 0) is 37.5 Å². The van der Waals surface area contributed by atoms with E-state index in [1.54, 1.807) is 31.0 Å². The second-order valence-corrected chi connectivity index (χ2v) is 6.43. The average molecular weight is 327 g/mol. The van der Waals surface area contributed by atoms with Crippen LogP contribution in [0.15, 0.2) is 47.5 Å². The van der Waals surface area contributed by atoms with Gasteiger partial charge in [0.1, 0.15) is 6.10 Å². The number of carbonyl (C=O) groups is 1. The maximum Gasteiger partial charge on any atom is 0.253 e. The molecule has 1 amide bonds. The monoisotopic (exact) mass is 327 g/mol. The molecular formula is C18H21N3O3. The predicted molar refractivity (Wildman–Crippen MR) is 88.3 cm³/mol. The summed E-state index contributed by atoms with van der Waals surface area (Å²) in [5.74, 6) is -0.0743. The Morgan fingerprint density at radius 3 is 3.08 bits per heavy atom. The average Bonchev–Trinajstić information content (AvgIpc) is 3.26. The Balaban J connectivity index is 1.34. The third-order valence-electron chi connectivity index (χ3n) is 4.85. The van der Waals surface area contributed by atoms with E-state index in [2.05, 4.69) is 15.2 Å². The minimum absolute atomic E-state index is 0.0743. The summed E-state index contributed by atoms with van der Waals surface area (Å²) in [5.41, 5.74) is 1.90. The number of aromatic nitrogens is 1. The molecule has 0 radical (unpaired) electrons. The van der Waals surface area contributed by atoms with Crippen LogP contribution in [0.4, 0.5) is 5.69 Å². The lowest BCUT2D eigenvalue weighted by atomic mass is 9.98. The molecule has 6 heteroatoms. The number of carbonyl (C=O) groups excluding carboxylic acids is 1. The van der Waals surface area contributed by atoms with Crippen LogP contribution < -0.4 is 5.32 Å². The highest BCUT2D eigenvalue weighted by Gasteiger charge is 2.41. The SMILES string of the molecule is O=C(Nc1cccnc1)[C@@H]1CC[C@H]2[C@H](CCN2Cc2ccoc2)O1. The van der Waals surface area contributed by atoms with Crippen molar-refractivity contribution in [3.05, 3.63) is 48.7 Å². The van der Waals surface area contributed by atoms with E-state index >= 15 is 0 Å². The van der Waals surface area contributed by atoms with Crippen LogP contribution in [0.5, 0.6) is 0 Å². The zero-order valence-corrected chi connectivity index (χ0v) is 13.4. The molecule has 126 valence electrons. The second-order valence-electron chi connectivity index (χ2n) is 6.43. The summed E-state index contributed by atoms with van der Waals surface area (Å²) in [6.45, 7) is 1.88. The molecule has 2 fully saturated rings. The van der Waals surface area contributed by atoms with Crippen molar-refractivity contribution in [1.82, 2.24) is 9.88 Å². The molecular weight excluding hydrogens is 306 g/mol. The first-order valence-electron chi connectivity index (χ1n) is 8.41. The Morgan fingerprint density at radius 2 is 2.29 bits per heavy atom. The van der Waals surface area contributed by atoms with E-state index in [1.807, 2.05) is 12.1 Å². The van der Waals surface area contributed by atoms with E-state index in [4.69, 9.17) is 9.15 Å². The van der Waals surface area contributed by atoms with Crippen LogP contribution in [0.2, 0.25) is 0 Å². The number of nitrogens with zero attached hydrogens (tertiary/aromatic N) is 2. The fourth-order valence-electron chi connectivity index (χ4n) is 3.68. The molecule has 24 heavy (non-hydrogen) atoms. The Bertz CT molecular complexity index is 674. The largest absolute Gasteiger partial charge is 0.472 e. The third kappa shape index (κ3) is 3.20. The molecule has 0 spiro atoms. The van der Waals surface area contributed by atoms with Gasteiger partial charge in [-0.2, -0.15) is 0 Å². The molecule has 2 aromatic heterocycles. The maximum atomic E-state index is 12.4. The van der Waals surface area contributed by atoms with Gasteiger partial charge in [0.2, 0.25) is 0 Å². The van der Waals surface area contributed by atoms with Crippen LogP contribution in [-0.4, -0.2) is 40.6 Å². The first-order chi connectivity index (χ1) is 11.8. The van der Waals surface area contributed by atoms with Gasteiger partial charge in [0.05, 0.1) is 30.5 Å². The summed E-state index contributed by atoms with van der Waals surface area (Å²) in [7, 11) is 0. The van der Waals surface area contributed by atoms with Gasteiger partial charge >= 0.3 is 0 Å². The highest BCUT2D eigenvalue weighted by molar-refractivity contribution is 5.94. The Labute approximate surface area is 140 Å². The van der Waals surface area contributed by atoms with Crippen molar-refractivity contribution < 1.29 is 13.9 Å². The van der Waals surface area contributed by atoms with Crippen LogP contribution in [0.1, 0.15) is 24.8 Å². The predicted octanol–water partition coefficient (Wildman–Crippen LogP) is 2.44. The van der Waals surface area contributed by atoms with Crippen LogP contribution in [0.3, 0.4) is 0 Å². The molecule has 0 aliphatic carbocycles. The molecule has 2 aliphatic rings. The highest BCUT2D eigenvalue weighted by Crippen LogP contribution is 2.32. The van der Waals surface area contributed by atoms with E-state index in [0.717, 1.165) is 32.4 Å². The number of anilines is 1. The van der Waals surface area contributed by atoms with Crippen LogP contribution in [-0.2, 0) is 16.1 Å². The lowest BCUT2D eigenvalue weighted by molar-refractivity contribution is -0.138. The van der Waals surface area contributed by atoms with Gasteiger partial charge in [0, 0.05) is 30.9 Å². The smallest absolute Gasteiger partial charge is 0.253 e. The molecule has 0 bridgehead atoms. The molecule has 1 N–H and O–H groups in total. The number of amides is 1. The van der Waals surface area contributed by atoms with Crippen molar-refractivity contribution in [2.75, 3.05) is 11.9 Å². The maximum absolute atomic E-state index is 12.4. The van der Waals surface area contributed by atoms with Crippen LogP contribution >= 0.6 is 0 Å². The topological polar surface area (TPSA) is 67.6 Å². The summed E-state index contributed by atoms with van der Waals surface area (Å²) in [5, 5.41) is 2.89. The standard InChI is InChI=1S/C18H21N3O3/c22-18(20-14-2-1-7-19-10-14)17-4-3-15-16(24-17)5-8-21(15)11-13-6-9-23-12-13/h1-2,6-7,9-10,12,15-17H,3-5,8,11H2,(H,20,22)/t15-,16-,17-/m0/s1. The van der Waals surface area contributed by atoms with Gasteiger partial charge in [-0.3, -0.25) is 14.7 Å². The van der Waals surface area contributed by atoms with E-state index in [-0.39, 0.29) is 18.1 Å². The zero-order chi connectivity index (χ0) is 16.4. The van der Waals surface area contributed by atoms with Crippen molar-refractivity contribution in [3.8, 4) is 0 Å². The van der Waals surface area contributed by atoms with Gasteiger partial charge in [0.25, 0.3) is 5.91 Å². The van der Waals surface area contributed by atoms with Gasteiger partial charge in [-0.25, -0.2) is 0 Å². The Hall–Kier alpha value is -2.18. The van der Waals surface area contributed by atoms with Crippen molar-refractivity contribution in [1.29, 1.82) is 0 Å². The normalized spacial score (nSPS) is 26.9. The molecule has 6 nitrogen and oxygen atoms in total. The Morgan fingerprint density at radius 1 is 1.33 bits per heavy atom. The second kappa shape index (κ2) is 6.75. The van der Waals surface area contributed by atoms with E-state index in [0.29, 0.717) is 11.7 Å². The molecule has 2 saturated heterocycles. The number of fused-ring (bicyclic) bond motifs is 1. The number of likely N-dealkylation sites (tertiary alicyclic amines) is 1. The lowest BCUT2D eigenvalue weighted by Gasteiger charge is -2.35. The van der Waals surface area contributed by atoms with Crippen molar-refractivity contribution in [3.63, 3.8) is 0 Å². The third-order valence-corrected chi connectivity index (χ3v) is 4.85. The van der Waals surface area contributed by atoms with Gasteiger partial charge in [0.15, 0.2) is 0 Å². The van der Waals surface area contributed by atoms with Crippen molar-refractivity contribution in [2.24, 2.45) is 0 Å². The summed E-state index contributed by atoms with van der Waals surface area (Å²) in [4.78, 5) is 18.9. The number of nitrogens with one attached hydrogen (secondary N) is 1. The molecule has 2 aromatic rings. The molecule has 0 saturated carbocycles. The highest BCUT2D eigenvalue weighted by atomic mass is 16.5. The molecule has 2 aliphatic heterocycles. The summed E-state index contributed by atoms with van der Waals surface area (Å²) in [6.07, 6.45) is 9.29. The molecule has 4 heterocycles. The minimum atomic E-state index is -0.375. The lowest BCUT2D eigenvalue weighted by Crippen LogP contribution is -2.46. The number of pyridine rings is 1. The Kier molecular flexibility index (Phi) is 4.32. The van der Waals surface area contributed by atoms with Crippen molar-refractivity contribution in [2.45, 2.75) is 44.1 Å². The number of hydrogen-bond acceptors (Lipinski definition) is 5. The fourth-order valence-corrected chi connectivity index (χ4v) is 3.68. The summed E-state index contributed by atoms with van der Waals surface area (Å²) in [6, 6.07) is 6.03. The number of rotatable bonds is 4. The van der Waals surface area contributed by atoms with E-state index in [1.165, 1.54) is 5.56 Å². The van der Waals surface area contributed by atoms with E-state index in [9.17, 15) is 4.79 Å². The number of furan rings is 1.